The van der Waals surface area contributed by atoms with Crippen LogP contribution in [-0.2, 0) is 0 Å². The van der Waals surface area contributed by atoms with Gasteiger partial charge in [-0.3, -0.25) is 10.1 Å². The van der Waals surface area contributed by atoms with Crippen molar-refractivity contribution >= 4 is 5.69 Å². The van der Waals surface area contributed by atoms with Gasteiger partial charge >= 0.3 is 0 Å². The third-order valence-corrected chi connectivity index (χ3v) is 2.41. The Morgan fingerprint density at radius 3 is 2.78 bits per heavy atom. The predicted octanol–water partition coefficient (Wildman–Crippen LogP) is 2.42. The molecular formula is C12H17FN2O3. The molecule has 5 nitrogen and oxygen atoms in total. The van der Waals surface area contributed by atoms with Gasteiger partial charge in [0.25, 0.3) is 5.69 Å². The summed E-state index contributed by atoms with van der Waals surface area (Å²) in [7, 11) is 0. The van der Waals surface area contributed by atoms with Gasteiger partial charge in [-0.2, -0.15) is 0 Å². The fourth-order valence-corrected chi connectivity index (χ4v) is 1.49. The zero-order chi connectivity index (χ0) is 13.5. The van der Waals surface area contributed by atoms with E-state index in [1.165, 1.54) is 6.07 Å². The van der Waals surface area contributed by atoms with Crippen molar-refractivity contribution in [1.29, 1.82) is 0 Å². The monoisotopic (exact) mass is 256 g/mol. The molecule has 0 heterocycles. The minimum Gasteiger partial charge on any atom is -0.489 e. The van der Waals surface area contributed by atoms with E-state index >= 15 is 0 Å². The molecule has 0 saturated heterocycles. The zero-order valence-electron chi connectivity index (χ0n) is 10.5. The van der Waals surface area contributed by atoms with Crippen LogP contribution in [0.2, 0.25) is 0 Å². The quantitative estimate of drug-likeness (QED) is 0.462. The van der Waals surface area contributed by atoms with Crippen LogP contribution >= 0.6 is 0 Å². The van der Waals surface area contributed by atoms with E-state index in [-0.39, 0.29) is 11.4 Å². The van der Waals surface area contributed by atoms with Crippen molar-refractivity contribution in [2.75, 3.05) is 19.7 Å². The highest BCUT2D eigenvalue weighted by atomic mass is 19.1. The molecule has 0 fully saturated rings. The van der Waals surface area contributed by atoms with Gasteiger partial charge < -0.3 is 10.1 Å². The van der Waals surface area contributed by atoms with E-state index in [1.54, 1.807) is 6.92 Å². The maximum atomic E-state index is 13.5. The molecule has 0 aliphatic carbocycles. The fourth-order valence-electron chi connectivity index (χ4n) is 1.49. The molecule has 6 heteroatoms. The average molecular weight is 256 g/mol. The smallest absolute Gasteiger partial charge is 0.275 e. The second-order valence-corrected chi connectivity index (χ2v) is 3.92. The molecule has 0 aromatic heterocycles. The van der Waals surface area contributed by atoms with Gasteiger partial charge in [-0.15, -0.1) is 0 Å². The first kappa shape index (κ1) is 14.4. The van der Waals surface area contributed by atoms with Gasteiger partial charge in [0, 0.05) is 12.1 Å². The van der Waals surface area contributed by atoms with Crippen LogP contribution in [-0.4, -0.2) is 24.6 Å². The number of ether oxygens (including phenoxy) is 1. The second kappa shape index (κ2) is 6.90. The molecule has 1 aromatic carbocycles. The molecule has 0 aliphatic heterocycles. The molecule has 100 valence electrons. The van der Waals surface area contributed by atoms with Crippen molar-refractivity contribution in [2.24, 2.45) is 0 Å². The lowest BCUT2D eigenvalue weighted by Crippen LogP contribution is -2.21. The molecule has 18 heavy (non-hydrogen) atoms. The fraction of sp³-hybridized carbons (Fsp3) is 0.500. The van der Waals surface area contributed by atoms with E-state index in [1.807, 2.05) is 6.92 Å². The van der Waals surface area contributed by atoms with Crippen LogP contribution in [0, 0.1) is 22.9 Å². The molecule has 0 radical (unpaired) electrons. The number of aryl methyl sites for hydroxylation is 1. The SMILES string of the molecule is CCCNCCOc1cc(C)c([N+](=O)[O-])cc1F. The minimum absolute atomic E-state index is 0.0522. The van der Waals surface area contributed by atoms with Crippen molar-refractivity contribution in [3.8, 4) is 5.75 Å². The van der Waals surface area contributed by atoms with Gasteiger partial charge in [-0.05, 0) is 26.0 Å². The van der Waals surface area contributed by atoms with Crippen molar-refractivity contribution < 1.29 is 14.1 Å². The summed E-state index contributed by atoms with van der Waals surface area (Å²) >= 11 is 0. The third kappa shape index (κ3) is 3.96. The molecule has 1 rings (SSSR count). The van der Waals surface area contributed by atoms with Gasteiger partial charge in [0.05, 0.1) is 11.0 Å². The summed E-state index contributed by atoms with van der Waals surface area (Å²) in [6.45, 7) is 5.43. The summed E-state index contributed by atoms with van der Waals surface area (Å²) in [5.41, 5.74) is 0.155. The van der Waals surface area contributed by atoms with Gasteiger partial charge in [-0.25, -0.2) is 4.39 Å². The lowest BCUT2D eigenvalue weighted by molar-refractivity contribution is -0.385. The molecule has 0 amide bonds. The molecule has 0 aliphatic rings. The van der Waals surface area contributed by atoms with Crippen molar-refractivity contribution in [3.63, 3.8) is 0 Å². The van der Waals surface area contributed by atoms with Crippen LogP contribution in [0.5, 0.6) is 5.75 Å². The van der Waals surface area contributed by atoms with E-state index in [2.05, 4.69) is 5.32 Å². The largest absolute Gasteiger partial charge is 0.489 e. The first-order valence-corrected chi connectivity index (χ1v) is 5.84. The number of rotatable bonds is 7. The van der Waals surface area contributed by atoms with Crippen LogP contribution in [0.3, 0.4) is 0 Å². The number of nitro benzene ring substituents is 1. The van der Waals surface area contributed by atoms with Crippen LogP contribution in [0.15, 0.2) is 12.1 Å². The Hall–Kier alpha value is -1.69. The number of nitro groups is 1. The molecule has 1 N–H and O–H groups in total. The number of halogens is 1. The number of nitrogens with zero attached hydrogens (tertiary/aromatic N) is 1. The summed E-state index contributed by atoms with van der Waals surface area (Å²) in [6.07, 6.45) is 1.02. The Morgan fingerprint density at radius 2 is 2.17 bits per heavy atom. The first-order valence-electron chi connectivity index (χ1n) is 5.84. The van der Waals surface area contributed by atoms with Crippen LogP contribution < -0.4 is 10.1 Å². The van der Waals surface area contributed by atoms with E-state index in [0.29, 0.717) is 18.7 Å². The number of hydrogen-bond donors (Lipinski definition) is 1. The Labute approximate surface area is 105 Å². The van der Waals surface area contributed by atoms with E-state index in [9.17, 15) is 14.5 Å². The standard InChI is InChI=1S/C12H17FN2O3/c1-3-4-14-5-6-18-12-7-9(2)11(15(16)17)8-10(12)13/h7-8,14H,3-6H2,1-2H3. The third-order valence-electron chi connectivity index (χ3n) is 2.41. The van der Waals surface area contributed by atoms with Crippen molar-refractivity contribution in [2.45, 2.75) is 20.3 Å². The van der Waals surface area contributed by atoms with Crippen LogP contribution in [0.4, 0.5) is 10.1 Å². The van der Waals surface area contributed by atoms with Crippen LogP contribution in [0.25, 0.3) is 0 Å². The summed E-state index contributed by atoms with van der Waals surface area (Å²) < 4.78 is 18.8. The zero-order valence-corrected chi connectivity index (χ0v) is 10.5. The van der Waals surface area contributed by atoms with Crippen molar-refractivity contribution in [1.82, 2.24) is 5.32 Å². The van der Waals surface area contributed by atoms with Crippen LogP contribution in [0.1, 0.15) is 18.9 Å². The average Bonchev–Trinajstić information content (AvgIpc) is 2.32. The van der Waals surface area contributed by atoms with Gasteiger partial charge in [0.15, 0.2) is 11.6 Å². The lowest BCUT2D eigenvalue weighted by Gasteiger charge is -2.09. The Balaban J connectivity index is 2.62. The minimum atomic E-state index is -0.706. The van der Waals surface area contributed by atoms with Gasteiger partial charge in [0.2, 0.25) is 0 Å². The highest BCUT2D eigenvalue weighted by Gasteiger charge is 2.16. The summed E-state index contributed by atoms with van der Waals surface area (Å²) in [5.74, 6) is -0.654. The molecule has 0 spiro atoms. The summed E-state index contributed by atoms with van der Waals surface area (Å²) in [5, 5.41) is 13.7. The van der Waals surface area contributed by atoms with E-state index in [4.69, 9.17) is 4.74 Å². The number of nitrogens with one attached hydrogen (secondary N) is 1. The van der Waals surface area contributed by atoms with Gasteiger partial charge in [0.1, 0.15) is 6.61 Å². The van der Waals surface area contributed by atoms with E-state index in [0.717, 1.165) is 19.0 Å². The molecule has 0 saturated carbocycles. The second-order valence-electron chi connectivity index (χ2n) is 3.92. The van der Waals surface area contributed by atoms with Gasteiger partial charge in [-0.1, -0.05) is 6.92 Å². The molecule has 0 bridgehead atoms. The Bertz CT molecular complexity index is 424. The number of benzene rings is 1. The lowest BCUT2D eigenvalue weighted by atomic mass is 10.2. The Kier molecular flexibility index (Phi) is 5.51. The van der Waals surface area contributed by atoms with E-state index < -0.39 is 10.7 Å². The highest BCUT2D eigenvalue weighted by Crippen LogP contribution is 2.26. The molecule has 1 aromatic rings. The maximum absolute atomic E-state index is 13.5. The highest BCUT2D eigenvalue weighted by molar-refractivity contribution is 5.45. The molecule has 0 atom stereocenters. The maximum Gasteiger partial charge on any atom is 0.275 e. The molecular weight excluding hydrogens is 239 g/mol. The normalized spacial score (nSPS) is 10.4. The predicted molar refractivity (Wildman–Crippen MR) is 66.4 cm³/mol. The number of hydrogen-bond acceptors (Lipinski definition) is 4. The topological polar surface area (TPSA) is 64.4 Å². The summed E-state index contributed by atoms with van der Waals surface area (Å²) in [6, 6.07) is 2.25. The first-order chi connectivity index (χ1) is 8.56. The molecule has 0 unspecified atom stereocenters. The summed E-state index contributed by atoms with van der Waals surface area (Å²) in [4.78, 5) is 10.00. The van der Waals surface area contributed by atoms with Crippen molar-refractivity contribution in [3.05, 3.63) is 33.6 Å². The Morgan fingerprint density at radius 1 is 1.44 bits per heavy atom.